The predicted molar refractivity (Wildman–Crippen MR) is 75.7 cm³/mol. The predicted octanol–water partition coefficient (Wildman–Crippen LogP) is 2.62. The Hall–Kier alpha value is -1.35. The summed E-state index contributed by atoms with van der Waals surface area (Å²) in [5, 5.41) is 0. The van der Waals surface area contributed by atoms with Crippen molar-refractivity contribution < 1.29 is 9.53 Å². The molecule has 0 heterocycles. The van der Waals surface area contributed by atoms with Crippen molar-refractivity contribution in [1.82, 2.24) is 0 Å². The molecule has 0 saturated carbocycles. The van der Waals surface area contributed by atoms with Crippen LogP contribution in [0.4, 0.5) is 0 Å². The van der Waals surface area contributed by atoms with Gasteiger partial charge in [-0.2, -0.15) is 0 Å². The molecular formula is C16H23NO2. The van der Waals surface area contributed by atoms with E-state index in [9.17, 15) is 4.79 Å². The molecule has 2 rings (SSSR count). The molecule has 0 radical (unpaired) electrons. The number of fused-ring (bicyclic) bond motifs is 1. The summed E-state index contributed by atoms with van der Waals surface area (Å²) < 4.78 is 4.89. The lowest BCUT2D eigenvalue weighted by molar-refractivity contribution is -0.147. The van der Waals surface area contributed by atoms with Crippen molar-refractivity contribution in [3.8, 4) is 0 Å². The molecule has 2 unspecified atom stereocenters. The number of hydrogen-bond donors (Lipinski definition) is 1. The van der Waals surface area contributed by atoms with Crippen molar-refractivity contribution in [1.29, 1.82) is 0 Å². The second-order valence-corrected chi connectivity index (χ2v) is 5.70. The molecule has 0 bridgehead atoms. The van der Waals surface area contributed by atoms with Gasteiger partial charge in [-0.1, -0.05) is 32.0 Å². The van der Waals surface area contributed by atoms with E-state index in [4.69, 9.17) is 10.5 Å². The topological polar surface area (TPSA) is 52.3 Å². The lowest BCUT2D eigenvalue weighted by Crippen LogP contribution is -2.33. The zero-order chi connectivity index (χ0) is 14.0. The Balaban J connectivity index is 2.26. The highest BCUT2D eigenvalue weighted by Crippen LogP contribution is 2.30. The molecule has 1 aliphatic carbocycles. The lowest BCUT2D eigenvalue weighted by Gasteiger charge is -2.25. The van der Waals surface area contributed by atoms with E-state index in [0.29, 0.717) is 0 Å². The van der Waals surface area contributed by atoms with Crippen LogP contribution in [-0.2, 0) is 22.4 Å². The molecule has 0 amide bonds. The molecule has 3 nitrogen and oxygen atoms in total. The first kappa shape index (κ1) is 14.1. The van der Waals surface area contributed by atoms with Gasteiger partial charge in [0.05, 0.1) is 13.0 Å². The van der Waals surface area contributed by atoms with Crippen molar-refractivity contribution >= 4 is 5.97 Å². The number of benzene rings is 1. The number of aryl methyl sites for hydroxylation is 2. The van der Waals surface area contributed by atoms with Gasteiger partial charge in [-0.25, -0.2) is 0 Å². The monoisotopic (exact) mass is 261 g/mol. The Morgan fingerprint density at radius 2 is 1.95 bits per heavy atom. The summed E-state index contributed by atoms with van der Waals surface area (Å²) in [6, 6.07) is 6.10. The zero-order valence-corrected chi connectivity index (χ0v) is 12.0. The van der Waals surface area contributed by atoms with Crippen LogP contribution < -0.4 is 5.73 Å². The Morgan fingerprint density at radius 1 is 1.26 bits per heavy atom. The van der Waals surface area contributed by atoms with Crippen molar-refractivity contribution in [2.45, 2.75) is 39.2 Å². The summed E-state index contributed by atoms with van der Waals surface area (Å²) in [6.45, 7) is 4.02. The molecule has 0 aliphatic heterocycles. The minimum Gasteiger partial charge on any atom is -0.469 e. The highest BCUT2D eigenvalue weighted by Gasteiger charge is 2.31. The highest BCUT2D eigenvalue weighted by atomic mass is 16.5. The number of nitrogens with two attached hydrogens (primary N) is 1. The third kappa shape index (κ3) is 2.81. The summed E-state index contributed by atoms with van der Waals surface area (Å²) >= 11 is 0. The molecule has 1 aromatic carbocycles. The van der Waals surface area contributed by atoms with Gasteiger partial charge in [0.1, 0.15) is 0 Å². The molecule has 0 aromatic heterocycles. The molecule has 1 aromatic rings. The van der Waals surface area contributed by atoms with Gasteiger partial charge in [0.15, 0.2) is 0 Å². The summed E-state index contributed by atoms with van der Waals surface area (Å²) in [6.07, 6.45) is 3.51. The quantitative estimate of drug-likeness (QED) is 0.848. The molecule has 19 heavy (non-hydrogen) atoms. The average molecular weight is 261 g/mol. The van der Waals surface area contributed by atoms with Crippen LogP contribution in [0.5, 0.6) is 0 Å². The fourth-order valence-corrected chi connectivity index (χ4v) is 2.98. The normalized spacial score (nSPS) is 17.1. The molecule has 1 aliphatic rings. The number of carbonyl (C=O) groups excluding carboxylic acids is 1. The number of rotatable bonds is 4. The van der Waals surface area contributed by atoms with Crippen molar-refractivity contribution in [2.24, 2.45) is 17.6 Å². The Kier molecular flexibility index (Phi) is 4.25. The molecule has 2 N–H and O–H groups in total. The summed E-state index contributed by atoms with van der Waals surface area (Å²) in [5.74, 6) is -0.344. The number of methoxy groups -OCH3 is 1. The first-order chi connectivity index (χ1) is 9.04. The van der Waals surface area contributed by atoms with Crippen LogP contribution in [0.2, 0.25) is 0 Å². The van der Waals surface area contributed by atoms with Crippen LogP contribution in [0.25, 0.3) is 0 Å². The number of hydrogen-bond acceptors (Lipinski definition) is 3. The minimum atomic E-state index is -0.293. The largest absolute Gasteiger partial charge is 0.469 e. The van der Waals surface area contributed by atoms with Crippen LogP contribution in [0.3, 0.4) is 0 Å². The standard InChI is InChI=1S/C16H23NO2/c1-10(2)14(16(18)19-3)15(17)13-8-7-11-5-4-6-12(11)9-13/h7-10,14-15H,4-6,17H2,1-3H3. The van der Waals surface area contributed by atoms with Gasteiger partial charge in [-0.15, -0.1) is 0 Å². The summed E-state index contributed by atoms with van der Waals surface area (Å²) in [5.41, 5.74) is 10.2. The summed E-state index contributed by atoms with van der Waals surface area (Å²) in [4.78, 5) is 11.9. The number of ether oxygens (including phenoxy) is 1. The maximum Gasteiger partial charge on any atom is 0.310 e. The van der Waals surface area contributed by atoms with E-state index in [2.05, 4.69) is 18.2 Å². The van der Waals surface area contributed by atoms with Crippen LogP contribution >= 0.6 is 0 Å². The van der Waals surface area contributed by atoms with Gasteiger partial charge in [0.2, 0.25) is 0 Å². The molecule has 2 atom stereocenters. The maximum atomic E-state index is 11.9. The highest BCUT2D eigenvalue weighted by molar-refractivity contribution is 5.73. The second-order valence-electron chi connectivity index (χ2n) is 5.70. The van der Waals surface area contributed by atoms with E-state index in [1.807, 2.05) is 13.8 Å². The first-order valence-electron chi connectivity index (χ1n) is 6.99. The molecule has 104 valence electrons. The zero-order valence-electron chi connectivity index (χ0n) is 12.0. The SMILES string of the molecule is COC(=O)C(C(C)C)C(N)c1ccc2c(c1)CCC2. The van der Waals surface area contributed by atoms with Crippen LogP contribution in [0.15, 0.2) is 18.2 Å². The Morgan fingerprint density at radius 3 is 2.58 bits per heavy atom. The average Bonchev–Trinajstić information content (AvgIpc) is 2.85. The first-order valence-corrected chi connectivity index (χ1v) is 6.99. The van der Waals surface area contributed by atoms with E-state index in [-0.39, 0.29) is 23.8 Å². The Labute approximate surface area is 115 Å². The summed E-state index contributed by atoms with van der Waals surface area (Å²) in [7, 11) is 1.42. The third-order valence-corrected chi connectivity index (χ3v) is 4.09. The van der Waals surface area contributed by atoms with Gasteiger partial charge >= 0.3 is 5.97 Å². The van der Waals surface area contributed by atoms with Crippen molar-refractivity contribution in [3.63, 3.8) is 0 Å². The second kappa shape index (κ2) is 5.74. The molecular weight excluding hydrogens is 238 g/mol. The van der Waals surface area contributed by atoms with E-state index in [1.54, 1.807) is 0 Å². The molecule has 0 saturated heterocycles. The molecule has 0 spiro atoms. The Bertz CT molecular complexity index is 468. The van der Waals surface area contributed by atoms with Gasteiger partial charge in [0.25, 0.3) is 0 Å². The van der Waals surface area contributed by atoms with Gasteiger partial charge in [-0.05, 0) is 41.9 Å². The van der Waals surface area contributed by atoms with E-state index >= 15 is 0 Å². The van der Waals surface area contributed by atoms with E-state index in [0.717, 1.165) is 18.4 Å². The van der Waals surface area contributed by atoms with Gasteiger partial charge in [-0.3, -0.25) is 4.79 Å². The maximum absolute atomic E-state index is 11.9. The van der Waals surface area contributed by atoms with Crippen molar-refractivity contribution in [3.05, 3.63) is 34.9 Å². The fourth-order valence-electron chi connectivity index (χ4n) is 2.98. The smallest absolute Gasteiger partial charge is 0.310 e. The van der Waals surface area contributed by atoms with Crippen LogP contribution in [-0.4, -0.2) is 13.1 Å². The van der Waals surface area contributed by atoms with Gasteiger partial charge in [0, 0.05) is 6.04 Å². The fraction of sp³-hybridized carbons (Fsp3) is 0.562. The molecule has 3 heteroatoms. The number of carbonyl (C=O) groups is 1. The van der Waals surface area contributed by atoms with Gasteiger partial charge < -0.3 is 10.5 Å². The third-order valence-electron chi connectivity index (χ3n) is 4.09. The number of esters is 1. The van der Waals surface area contributed by atoms with Crippen molar-refractivity contribution in [2.75, 3.05) is 7.11 Å². The van der Waals surface area contributed by atoms with E-state index in [1.165, 1.54) is 24.7 Å². The van der Waals surface area contributed by atoms with E-state index < -0.39 is 0 Å². The minimum absolute atomic E-state index is 0.163. The van der Waals surface area contributed by atoms with Crippen LogP contribution in [0.1, 0.15) is 43.0 Å². The van der Waals surface area contributed by atoms with Crippen LogP contribution in [0, 0.1) is 11.8 Å². The lowest BCUT2D eigenvalue weighted by atomic mass is 9.84. The molecule has 0 fully saturated rings.